The predicted molar refractivity (Wildman–Crippen MR) is 60.3 cm³/mol. The van der Waals surface area contributed by atoms with E-state index in [0.717, 1.165) is 27.6 Å². The van der Waals surface area contributed by atoms with Gasteiger partial charge in [0.15, 0.2) is 15.4 Å². The van der Waals surface area contributed by atoms with Gasteiger partial charge >= 0.3 is 0 Å². The van der Waals surface area contributed by atoms with Crippen molar-refractivity contribution in [3.8, 4) is 10.8 Å². The van der Waals surface area contributed by atoms with E-state index in [1.54, 1.807) is 11.3 Å². The van der Waals surface area contributed by atoms with Crippen molar-refractivity contribution in [2.24, 2.45) is 5.73 Å². The number of rotatable bonds is 3. The lowest BCUT2D eigenvalue weighted by Gasteiger charge is -1.89. The van der Waals surface area contributed by atoms with Crippen molar-refractivity contribution in [3.05, 3.63) is 27.9 Å². The lowest BCUT2D eigenvalue weighted by Crippen LogP contribution is -2.02. The predicted octanol–water partition coefficient (Wildman–Crippen LogP) is 2.67. The Morgan fingerprint density at radius 3 is 3.00 bits per heavy atom. The number of thiazole rings is 1. The van der Waals surface area contributed by atoms with Gasteiger partial charge < -0.3 is 10.2 Å². The lowest BCUT2D eigenvalue weighted by molar-refractivity contribution is 0.555. The fourth-order valence-electron chi connectivity index (χ4n) is 1.11. The lowest BCUT2D eigenvalue weighted by atomic mass is 10.3. The van der Waals surface area contributed by atoms with Crippen LogP contribution in [0.1, 0.15) is 5.69 Å². The summed E-state index contributed by atoms with van der Waals surface area (Å²) in [5, 5.41) is 2.91. The summed E-state index contributed by atoms with van der Waals surface area (Å²) in [5.41, 5.74) is 6.47. The minimum absolute atomic E-state index is 0.630. The molecule has 74 valence electrons. The second-order valence-electron chi connectivity index (χ2n) is 2.79. The van der Waals surface area contributed by atoms with Crippen molar-refractivity contribution in [2.45, 2.75) is 6.42 Å². The highest BCUT2D eigenvalue weighted by molar-refractivity contribution is 9.10. The van der Waals surface area contributed by atoms with Gasteiger partial charge in [-0.3, -0.25) is 0 Å². The topological polar surface area (TPSA) is 52.0 Å². The number of aromatic nitrogens is 1. The van der Waals surface area contributed by atoms with Gasteiger partial charge in [0, 0.05) is 11.8 Å². The quantitative estimate of drug-likeness (QED) is 0.935. The summed E-state index contributed by atoms with van der Waals surface area (Å²) in [6, 6.07) is 3.76. The Balaban J connectivity index is 2.24. The van der Waals surface area contributed by atoms with Crippen LogP contribution in [0.15, 0.2) is 26.6 Å². The molecule has 0 aliphatic heterocycles. The van der Waals surface area contributed by atoms with Crippen LogP contribution in [0.3, 0.4) is 0 Å². The molecule has 0 aliphatic rings. The second-order valence-corrected chi connectivity index (χ2v) is 4.43. The molecule has 2 aromatic heterocycles. The average molecular weight is 273 g/mol. The van der Waals surface area contributed by atoms with E-state index in [0.29, 0.717) is 6.54 Å². The smallest absolute Gasteiger partial charge is 0.170 e. The maximum Gasteiger partial charge on any atom is 0.170 e. The molecule has 0 fully saturated rings. The number of furan rings is 1. The molecular weight excluding hydrogens is 264 g/mol. The van der Waals surface area contributed by atoms with Crippen molar-refractivity contribution >= 4 is 27.3 Å². The molecule has 0 saturated carbocycles. The van der Waals surface area contributed by atoms with Crippen LogP contribution in [0.5, 0.6) is 0 Å². The van der Waals surface area contributed by atoms with E-state index in [2.05, 4.69) is 20.9 Å². The molecule has 0 aliphatic carbocycles. The van der Waals surface area contributed by atoms with Gasteiger partial charge in [-0.2, -0.15) is 0 Å². The molecule has 2 rings (SSSR count). The maximum absolute atomic E-state index is 5.45. The molecule has 0 atom stereocenters. The van der Waals surface area contributed by atoms with E-state index in [1.165, 1.54) is 0 Å². The third-order valence-electron chi connectivity index (χ3n) is 1.74. The van der Waals surface area contributed by atoms with E-state index >= 15 is 0 Å². The maximum atomic E-state index is 5.45. The largest absolute Gasteiger partial charge is 0.447 e. The summed E-state index contributed by atoms with van der Waals surface area (Å²) in [7, 11) is 0. The molecule has 0 spiro atoms. The highest BCUT2D eigenvalue weighted by atomic mass is 79.9. The first-order valence-corrected chi connectivity index (χ1v) is 5.87. The summed E-state index contributed by atoms with van der Waals surface area (Å²) < 4.78 is 6.12. The normalized spacial score (nSPS) is 10.7. The molecule has 2 N–H and O–H groups in total. The first-order chi connectivity index (χ1) is 6.79. The summed E-state index contributed by atoms with van der Waals surface area (Å²) in [6.07, 6.45) is 0.818. The van der Waals surface area contributed by atoms with Gasteiger partial charge in [-0.1, -0.05) is 0 Å². The Morgan fingerprint density at radius 1 is 1.50 bits per heavy atom. The van der Waals surface area contributed by atoms with Crippen molar-refractivity contribution < 1.29 is 4.42 Å². The van der Waals surface area contributed by atoms with E-state index in [4.69, 9.17) is 10.2 Å². The van der Waals surface area contributed by atoms with Gasteiger partial charge in [-0.15, -0.1) is 11.3 Å². The summed E-state index contributed by atoms with van der Waals surface area (Å²) in [6.45, 7) is 0.630. The Hall–Kier alpha value is -0.650. The second kappa shape index (κ2) is 4.25. The Bertz CT molecular complexity index is 424. The van der Waals surface area contributed by atoms with Crippen molar-refractivity contribution in [3.63, 3.8) is 0 Å². The standard InChI is InChI=1S/C9H9BrN2OS/c10-8-2-1-7(13-8)9-12-6(3-4-11)5-14-9/h1-2,5H,3-4,11H2. The van der Waals surface area contributed by atoms with E-state index < -0.39 is 0 Å². The van der Waals surface area contributed by atoms with Crippen molar-refractivity contribution in [2.75, 3.05) is 6.54 Å². The number of hydrogen-bond acceptors (Lipinski definition) is 4. The SMILES string of the molecule is NCCc1csc(-c2ccc(Br)o2)n1. The van der Waals surface area contributed by atoms with E-state index in [-0.39, 0.29) is 0 Å². The molecule has 0 amide bonds. The first-order valence-electron chi connectivity index (χ1n) is 4.20. The van der Waals surface area contributed by atoms with Crippen LogP contribution in [0.2, 0.25) is 0 Å². The van der Waals surface area contributed by atoms with Crippen molar-refractivity contribution in [1.29, 1.82) is 0 Å². The summed E-state index contributed by atoms with van der Waals surface area (Å²) in [5.74, 6) is 0.796. The van der Waals surface area contributed by atoms with Crippen LogP contribution in [-0.2, 0) is 6.42 Å². The fourth-order valence-corrected chi connectivity index (χ4v) is 2.23. The number of nitrogens with zero attached hydrogens (tertiary/aromatic N) is 1. The number of halogens is 1. The molecule has 2 aromatic rings. The average Bonchev–Trinajstić information content (AvgIpc) is 2.74. The molecular formula is C9H9BrN2OS. The zero-order valence-electron chi connectivity index (χ0n) is 7.37. The van der Waals surface area contributed by atoms with Crippen LogP contribution < -0.4 is 5.73 Å². The van der Waals surface area contributed by atoms with Gasteiger partial charge in [0.05, 0.1) is 5.69 Å². The van der Waals surface area contributed by atoms with Gasteiger partial charge in [0.25, 0.3) is 0 Å². The molecule has 5 heteroatoms. The minimum atomic E-state index is 0.630. The highest BCUT2D eigenvalue weighted by Crippen LogP contribution is 2.27. The molecule has 0 radical (unpaired) electrons. The monoisotopic (exact) mass is 272 g/mol. The molecule has 0 unspecified atom stereocenters. The highest BCUT2D eigenvalue weighted by Gasteiger charge is 2.07. The first kappa shape index (κ1) is 9.89. The number of hydrogen-bond donors (Lipinski definition) is 1. The van der Waals surface area contributed by atoms with Gasteiger partial charge in [0.2, 0.25) is 0 Å². The van der Waals surface area contributed by atoms with E-state index in [1.807, 2.05) is 17.5 Å². The zero-order chi connectivity index (χ0) is 9.97. The minimum Gasteiger partial charge on any atom is -0.447 e. The Labute approximate surface area is 94.1 Å². The zero-order valence-corrected chi connectivity index (χ0v) is 9.77. The third kappa shape index (κ3) is 2.05. The van der Waals surface area contributed by atoms with Gasteiger partial charge in [-0.05, 0) is 34.6 Å². The fraction of sp³-hybridized carbons (Fsp3) is 0.222. The van der Waals surface area contributed by atoms with Gasteiger partial charge in [-0.25, -0.2) is 4.98 Å². The molecule has 0 saturated heterocycles. The number of nitrogens with two attached hydrogens (primary N) is 1. The van der Waals surface area contributed by atoms with Crippen molar-refractivity contribution in [1.82, 2.24) is 4.98 Å². The molecule has 0 bridgehead atoms. The Morgan fingerprint density at radius 2 is 2.36 bits per heavy atom. The summed E-state index contributed by atoms with van der Waals surface area (Å²) in [4.78, 5) is 4.41. The molecule has 0 aromatic carbocycles. The van der Waals surface area contributed by atoms with Crippen LogP contribution in [0.4, 0.5) is 0 Å². The van der Waals surface area contributed by atoms with Crippen LogP contribution in [0, 0.1) is 0 Å². The van der Waals surface area contributed by atoms with Gasteiger partial charge in [0.1, 0.15) is 0 Å². The molecule has 3 nitrogen and oxygen atoms in total. The molecule has 14 heavy (non-hydrogen) atoms. The third-order valence-corrected chi connectivity index (χ3v) is 3.07. The summed E-state index contributed by atoms with van der Waals surface area (Å²) >= 11 is 4.83. The van der Waals surface area contributed by atoms with Crippen LogP contribution >= 0.6 is 27.3 Å². The van der Waals surface area contributed by atoms with Crippen LogP contribution in [0.25, 0.3) is 10.8 Å². The Kier molecular flexibility index (Phi) is 3.00. The molecule has 2 heterocycles. The van der Waals surface area contributed by atoms with Crippen LogP contribution in [-0.4, -0.2) is 11.5 Å². The van der Waals surface area contributed by atoms with E-state index in [9.17, 15) is 0 Å².